The van der Waals surface area contributed by atoms with Crippen molar-refractivity contribution in [2.75, 3.05) is 58.3 Å². The quantitative estimate of drug-likeness (QED) is 0.225. The Bertz CT molecular complexity index is 1350. The van der Waals surface area contributed by atoms with E-state index in [-0.39, 0.29) is 18.0 Å². The fraction of sp³-hybridized carbons (Fsp3) is 0.393. The maximum absolute atomic E-state index is 11.8. The lowest BCUT2D eigenvalue weighted by atomic mass is 9.98. The van der Waals surface area contributed by atoms with Crippen molar-refractivity contribution in [1.29, 1.82) is 0 Å². The molecule has 1 aliphatic heterocycles. The van der Waals surface area contributed by atoms with E-state index in [0.29, 0.717) is 66.6 Å². The van der Waals surface area contributed by atoms with Crippen LogP contribution in [0.25, 0.3) is 22.0 Å². The predicted octanol–water partition coefficient (Wildman–Crippen LogP) is 4.07. The van der Waals surface area contributed by atoms with E-state index in [1.54, 1.807) is 33.6 Å². The van der Waals surface area contributed by atoms with Crippen LogP contribution in [0.4, 0.5) is 11.6 Å². The average molecular weight is 556 g/mol. The molecule has 1 saturated heterocycles. The lowest BCUT2D eigenvalue weighted by Gasteiger charge is -2.21. The Kier molecular flexibility index (Phi) is 9.45. The fourth-order valence-corrected chi connectivity index (χ4v) is 4.97. The minimum Gasteiger partial charge on any atom is -0.496 e. The van der Waals surface area contributed by atoms with Crippen LogP contribution in [0.5, 0.6) is 11.5 Å². The molecule has 2 unspecified atom stereocenters. The number of fused-ring (bicyclic) bond motifs is 1. The topological polar surface area (TPSA) is 116 Å². The van der Waals surface area contributed by atoms with Crippen molar-refractivity contribution in [1.82, 2.24) is 15.3 Å². The molecule has 3 aromatic rings. The van der Waals surface area contributed by atoms with Gasteiger partial charge in [0.15, 0.2) is 0 Å². The fourth-order valence-electron chi connectivity index (χ4n) is 4.63. The van der Waals surface area contributed by atoms with Crippen LogP contribution >= 0.6 is 11.6 Å². The maximum atomic E-state index is 11.8. The van der Waals surface area contributed by atoms with Crippen molar-refractivity contribution in [3.8, 4) is 22.8 Å². The Morgan fingerprint density at radius 3 is 2.64 bits per heavy atom. The lowest BCUT2D eigenvalue weighted by Crippen LogP contribution is -2.45. The second kappa shape index (κ2) is 13.0. The number of methoxy groups -OCH3 is 3. The first-order valence-electron chi connectivity index (χ1n) is 12.7. The summed E-state index contributed by atoms with van der Waals surface area (Å²) in [6, 6.07) is 5.33. The van der Waals surface area contributed by atoms with Gasteiger partial charge in [0, 0.05) is 47.8 Å². The number of pyridine rings is 2. The number of benzene rings is 1. The van der Waals surface area contributed by atoms with Gasteiger partial charge in [0.05, 0.1) is 56.8 Å². The molecule has 0 saturated carbocycles. The van der Waals surface area contributed by atoms with Crippen molar-refractivity contribution in [2.45, 2.75) is 25.4 Å². The summed E-state index contributed by atoms with van der Waals surface area (Å²) in [6.07, 6.45) is 3.72. The Balaban J connectivity index is 1.78. The summed E-state index contributed by atoms with van der Waals surface area (Å²) in [6.45, 7) is 7.46. The average Bonchev–Trinajstić information content (AvgIpc) is 3.38. The molecule has 3 N–H and O–H groups in total. The molecule has 10 nitrogen and oxygen atoms in total. The maximum Gasteiger partial charge on any atom is 0.243 e. The number of nitrogens with one attached hydrogen (secondary N) is 3. The number of nitrogens with zero attached hydrogens (tertiary/aromatic N) is 2. The van der Waals surface area contributed by atoms with Gasteiger partial charge in [-0.15, -0.1) is 0 Å². The van der Waals surface area contributed by atoms with E-state index in [1.807, 2.05) is 19.1 Å². The van der Waals surface area contributed by atoms with Gasteiger partial charge < -0.3 is 34.9 Å². The smallest absolute Gasteiger partial charge is 0.243 e. The van der Waals surface area contributed by atoms with E-state index in [0.717, 1.165) is 21.9 Å². The number of hydrogen-bond acceptors (Lipinski definition) is 9. The van der Waals surface area contributed by atoms with Crippen molar-refractivity contribution < 1.29 is 23.7 Å². The molecule has 11 heteroatoms. The standard InChI is InChI=1S/C28H34ClN5O5/c1-6-17-22(37-4)12-23(38-5)27(29)26(17)19-10-16-13-31-24(11-18(16)28(34-19)30-8-9-36-3)32-20-14-39-15-21(20)33-25(35)7-2/h7,10-13,20-21H,2,6,8-9,14-15H2,1,3-5H3,(H,30,34)(H,31,32)(H,33,35). The summed E-state index contributed by atoms with van der Waals surface area (Å²) in [7, 11) is 4.85. The Labute approximate surface area is 233 Å². The van der Waals surface area contributed by atoms with E-state index in [4.69, 9.17) is 35.5 Å². The molecule has 1 amide bonds. The molecular formula is C28H34ClN5O5. The predicted molar refractivity (Wildman–Crippen MR) is 153 cm³/mol. The zero-order valence-electron chi connectivity index (χ0n) is 22.6. The number of hydrogen-bond donors (Lipinski definition) is 3. The molecule has 2 aromatic heterocycles. The molecule has 39 heavy (non-hydrogen) atoms. The minimum absolute atomic E-state index is 0.147. The van der Waals surface area contributed by atoms with Gasteiger partial charge in [0.1, 0.15) is 23.1 Å². The first-order chi connectivity index (χ1) is 18.9. The summed E-state index contributed by atoms with van der Waals surface area (Å²) < 4.78 is 22.0. The van der Waals surface area contributed by atoms with Crippen molar-refractivity contribution in [2.24, 2.45) is 0 Å². The molecule has 0 radical (unpaired) electrons. The third-order valence-electron chi connectivity index (χ3n) is 6.59. The summed E-state index contributed by atoms with van der Waals surface area (Å²) in [4.78, 5) is 21.5. The molecule has 0 spiro atoms. The zero-order valence-corrected chi connectivity index (χ0v) is 23.4. The third-order valence-corrected chi connectivity index (χ3v) is 6.96. The highest BCUT2D eigenvalue weighted by Gasteiger charge is 2.29. The highest BCUT2D eigenvalue weighted by atomic mass is 35.5. The van der Waals surface area contributed by atoms with E-state index < -0.39 is 0 Å². The van der Waals surface area contributed by atoms with E-state index in [2.05, 4.69) is 27.5 Å². The van der Waals surface area contributed by atoms with Gasteiger partial charge in [-0.2, -0.15) is 0 Å². The number of carbonyl (C=O) groups excluding carboxylic acids is 1. The molecule has 1 aliphatic rings. The van der Waals surface area contributed by atoms with Gasteiger partial charge >= 0.3 is 0 Å². The van der Waals surface area contributed by atoms with Crippen LogP contribution < -0.4 is 25.4 Å². The second-order valence-electron chi connectivity index (χ2n) is 8.98. The first kappa shape index (κ1) is 28.4. The minimum atomic E-state index is -0.246. The van der Waals surface area contributed by atoms with Crippen molar-refractivity contribution in [3.63, 3.8) is 0 Å². The highest BCUT2D eigenvalue weighted by Crippen LogP contribution is 2.44. The number of carbonyl (C=O) groups is 1. The van der Waals surface area contributed by atoms with Gasteiger partial charge in [-0.05, 0) is 24.6 Å². The number of anilines is 2. The molecule has 4 rings (SSSR count). The van der Waals surface area contributed by atoms with Gasteiger partial charge in [-0.25, -0.2) is 9.97 Å². The van der Waals surface area contributed by atoms with Crippen LogP contribution in [0.15, 0.2) is 37.1 Å². The molecule has 2 atom stereocenters. The Morgan fingerprint density at radius 2 is 1.95 bits per heavy atom. The molecule has 0 bridgehead atoms. The summed E-state index contributed by atoms with van der Waals surface area (Å²) in [5.74, 6) is 2.23. The molecule has 1 aromatic carbocycles. The molecular weight excluding hydrogens is 522 g/mol. The van der Waals surface area contributed by atoms with Gasteiger partial charge in [-0.1, -0.05) is 25.1 Å². The molecule has 1 fully saturated rings. The molecule has 208 valence electrons. The van der Waals surface area contributed by atoms with Crippen LogP contribution in [0, 0.1) is 0 Å². The van der Waals surface area contributed by atoms with Gasteiger partial charge in [0.25, 0.3) is 0 Å². The number of ether oxygens (including phenoxy) is 4. The van der Waals surface area contributed by atoms with E-state index in [1.165, 1.54) is 6.08 Å². The summed E-state index contributed by atoms with van der Waals surface area (Å²) in [5, 5.41) is 11.9. The number of rotatable bonds is 12. The zero-order chi connectivity index (χ0) is 27.9. The Morgan fingerprint density at radius 1 is 1.18 bits per heavy atom. The van der Waals surface area contributed by atoms with Crippen LogP contribution in [0.2, 0.25) is 5.02 Å². The van der Waals surface area contributed by atoms with Gasteiger partial charge in [-0.3, -0.25) is 4.79 Å². The van der Waals surface area contributed by atoms with E-state index in [9.17, 15) is 4.79 Å². The van der Waals surface area contributed by atoms with Gasteiger partial charge in [0.2, 0.25) is 5.91 Å². The largest absolute Gasteiger partial charge is 0.496 e. The normalized spacial score (nSPS) is 16.6. The van der Waals surface area contributed by atoms with Crippen LogP contribution in [-0.4, -0.2) is 75.7 Å². The number of aromatic nitrogens is 2. The van der Waals surface area contributed by atoms with Crippen molar-refractivity contribution >= 4 is 39.9 Å². The van der Waals surface area contributed by atoms with Crippen LogP contribution in [0.3, 0.4) is 0 Å². The SMILES string of the molecule is C=CC(=O)NC1COCC1Nc1cc2c(NCCOC)nc(-c3c(Cl)c(OC)cc(OC)c3CC)cc2cn1. The molecule has 0 aliphatic carbocycles. The third kappa shape index (κ3) is 6.19. The van der Waals surface area contributed by atoms with Crippen LogP contribution in [0.1, 0.15) is 12.5 Å². The molecule has 3 heterocycles. The lowest BCUT2D eigenvalue weighted by molar-refractivity contribution is -0.117. The summed E-state index contributed by atoms with van der Waals surface area (Å²) in [5.41, 5.74) is 2.34. The highest BCUT2D eigenvalue weighted by molar-refractivity contribution is 6.35. The number of amides is 1. The number of halogens is 1. The van der Waals surface area contributed by atoms with Crippen molar-refractivity contribution in [3.05, 3.63) is 47.6 Å². The van der Waals surface area contributed by atoms with Crippen LogP contribution in [-0.2, 0) is 20.7 Å². The Hall–Kier alpha value is -3.60. The second-order valence-corrected chi connectivity index (χ2v) is 9.35. The van der Waals surface area contributed by atoms with E-state index >= 15 is 0 Å². The summed E-state index contributed by atoms with van der Waals surface area (Å²) >= 11 is 6.83. The monoisotopic (exact) mass is 555 g/mol. The first-order valence-corrected chi connectivity index (χ1v) is 13.1.